The first-order chi connectivity index (χ1) is 14.2. The number of nitrogens with zero attached hydrogens (tertiary/aromatic N) is 4. The quantitative estimate of drug-likeness (QED) is 0.758. The molecular weight excluding hydrogens is 402 g/mol. The van der Waals surface area contributed by atoms with E-state index in [1.807, 2.05) is 6.92 Å². The predicted octanol–water partition coefficient (Wildman–Crippen LogP) is 3.23. The van der Waals surface area contributed by atoms with E-state index in [1.165, 1.54) is 10.4 Å². The molecule has 1 aliphatic heterocycles. The number of piperidine rings is 1. The van der Waals surface area contributed by atoms with Crippen LogP contribution in [-0.4, -0.2) is 41.0 Å². The van der Waals surface area contributed by atoms with Crippen molar-refractivity contribution >= 4 is 21.7 Å². The van der Waals surface area contributed by atoms with Crippen molar-refractivity contribution in [2.75, 3.05) is 11.9 Å². The second-order valence-corrected chi connectivity index (χ2v) is 9.58. The first kappa shape index (κ1) is 22.0. The van der Waals surface area contributed by atoms with E-state index in [2.05, 4.69) is 16.5 Å². The number of benzene rings is 1. The first-order valence-corrected chi connectivity index (χ1v) is 11.5. The minimum atomic E-state index is -3.67. The van der Waals surface area contributed by atoms with Gasteiger partial charge in [0, 0.05) is 24.2 Å². The third-order valence-corrected chi connectivity index (χ3v) is 7.39. The predicted molar refractivity (Wildman–Crippen MR) is 114 cm³/mol. The van der Waals surface area contributed by atoms with E-state index in [0.717, 1.165) is 25.0 Å². The standard InChI is InChI=1S/C21H27N5O3S/c1-15-8-9-18(30(28,29)26-12-5-4-7-17(26)3)14-19(15)21(27)23-20-13-16(2)24-25(20)11-6-10-22/h8-9,13-14,17H,4-7,11-12H2,1-3H3,(H,23,27). The van der Waals surface area contributed by atoms with Gasteiger partial charge >= 0.3 is 0 Å². The van der Waals surface area contributed by atoms with Crippen molar-refractivity contribution < 1.29 is 13.2 Å². The zero-order valence-corrected chi connectivity index (χ0v) is 18.4. The number of anilines is 1. The molecule has 2 aromatic rings. The number of aryl methyl sites for hydroxylation is 3. The van der Waals surface area contributed by atoms with Crippen LogP contribution in [-0.2, 0) is 16.6 Å². The average Bonchev–Trinajstić information content (AvgIpc) is 3.05. The summed E-state index contributed by atoms with van der Waals surface area (Å²) in [5.41, 5.74) is 1.69. The molecule has 9 heteroatoms. The summed E-state index contributed by atoms with van der Waals surface area (Å²) in [7, 11) is -3.67. The fraction of sp³-hybridized carbons (Fsp3) is 0.476. The Morgan fingerprint density at radius 2 is 2.07 bits per heavy atom. The lowest BCUT2D eigenvalue weighted by Crippen LogP contribution is -2.42. The number of carbonyl (C=O) groups excluding carboxylic acids is 1. The number of hydrogen-bond donors (Lipinski definition) is 1. The molecule has 0 saturated carbocycles. The van der Waals surface area contributed by atoms with Gasteiger partial charge in [-0.05, 0) is 51.3 Å². The number of hydrogen-bond acceptors (Lipinski definition) is 5. The van der Waals surface area contributed by atoms with E-state index in [1.54, 1.807) is 36.7 Å². The van der Waals surface area contributed by atoms with Crippen LogP contribution in [0.3, 0.4) is 0 Å². The number of amides is 1. The smallest absolute Gasteiger partial charge is 0.257 e. The van der Waals surface area contributed by atoms with Gasteiger partial charge < -0.3 is 5.32 Å². The Hall–Kier alpha value is -2.70. The second kappa shape index (κ2) is 8.98. The lowest BCUT2D eigenvalue weighted by molar-refractivity contribution is 0.102. The van der Waals surface area contributed by atoms with Crippen LogP contribution in [0.1, 0.15) is 54.2 Å². The highest BCUT2D eigenvalue weighted by molar-refractivity contribution is 7.89. The molecule has 1 saturated heterocycles. The molecule has 0 aliphatic carbocycles. The minimum Gasteiger partial charge on any atom is -0.307 e. The zero-order valence-electron chi connectivity index (χ0n) is 17.6. The van der Waals surface area contributed by atoms with Crippen molar-refractivity contribution in [3.8, 4) is 6.07 Å². The average molecular weight is 430 g/mol. The van der Waals surface area contributed by atoms with Crippen LogP contribution in [0.4, 0.5) is 5.82 Å². The van der Waals surface area contributed by atoms with Gasteiger partial charge in [-0.3, -0.25) is 4.79 Å². The molecule has 2 heterocycles. The summed E-state index contributed by atoms with van der Waals surface area (Å²) in [5.74, 6) is 0.0689. The molecule has 1 unspecified atom stereocenters. The molecule has 1 aromatic heterocycles. The fourth-order valence-electron chi connectivity index (χ4n) is 3.73. The van der Waals surface area contributed by atoms with Crippen LogP contribution in [0.5, 0.6) is 0 Å². The molecule has 1 fully saturated rings. The molecule has 1 N–H and O–H groups in total. The monoisotopic (exact) mass is 429 g/mol. The maximum atomic E-state index is 13.2. The van der Waals surface area contributed by atoms with Gasteiger partial charge in [0.25, 0.3) is 5.91 Å². The van der Waals surface area contributed by atoms with E-state index >= 15 is 0 Å². The topological polar surface area (TPSA) is 108 Å². The Bertz CT molecular complexity index is 1080. The van der Waals surface area contributed by atoms with Gasteiger partial charge in [0.2, 0.25) is 10.0 Å². The molecule has 1 atom stereocenters. The van der Waals surface area contributed by atoms with Crippen LogP contribution < -0.4 is 5.32 Å². The SMILES string of the molecule is Cc1cc(NC(=O)c2cc(S(=O)(=O)N3CCCCC3C)ccc2C)n(CCC#N)n1. The largest absolute Gasteiger partial charge is 0.307 e. The lowest BCUT2D eigenvalue weighted by Gasteiger charge is -2.32. The highest BCUT2D eigenvalue weighted by atomic mass is 32.2. The van der Waals surface area contributed by atoms with Gasteiger partial charge in [0.15, 0.2) is 0 Å². The number of carbonyl (C=O) groups is 1. The van der Waals surface area contributed by atoms with Crippen molar-refractivity contribution in [2.24, 2.45) is 0 Å². The maximum absolute atomic E-state index is 13.2. The molecule has 1 aromatic carbocycles. The molecule has 160 valence electrons. The maximum Gasteiger partial charge on any atom is 0.257 e. The molecule has 1 amide bonds. The van der Waals surface area contributed by atoms with E-state index < -0.39 is 15.9 Å². The van der Waals surface area contributed by atoms with E-state index in [9.17, 15) is 13.2 Å². The van der Waals surface area contributed by atoms with Crippen molar-refractivity contribution in [3.63, 3.8) is 0 Å². The molecule has 0 spiro atoms. The highest BCUT2D eigenvalue weighted by Gasteiger charge is 2.31. The third kappa shape index (κ3) is 4.55. The van der Waals surface area contributed by atoms with Crippen molar-refractivity contribution in [1.82, 2.24) is 14.1 Å². The van der Waals surface area contributed by atoms with Gasteiger partial charge in [-0.1, -0.05) is 12.5 Å². The Morgan fingerprint density at radius 3 is 2.77 bits per heavy atom. The molecule has 3 rings (SSSR count). The fourth-order valence-corrected chi connectivity index (χ4v) is 5.45. The number of rotatable bonds is 6. The van der Waals surface area contributed by atoms with Crippen LogP contribution in [0.25, 0.3) is 0 Å². The third-order valence-electron chi connectivity index (χ3n) is 5.38. The summed E-state index contributed by atoms with van der Waals surface area (Å²) in [6.07, 6.45) is 2.97. The van der Waals surface area contributed by atoms with E-state index in [-0.39, 0.29) is 17.4 Å². The summed E-state index contributed by atoms with van der Waals surface area (Å²) < 4.78 is 29.4. The normalized spacial score (nSPS) is 17.5. The summed E-state index contributed by atoms with van der Waals surface area (Å²) in [4.78, 5) is 13.1. The number of sulfonamides is 1. The van der Waals surface area contributed by atoms with Crippen LogP contribution in [0.2, 0.25) is 0 Å². The van der Waals surface area contributed by atoms with Gasteiger partial charge in [-0.25, -0.2) is 13.1 Å². The van der Waals surface area contributed by atoms with Gasteiger partial charge in [-0.15, -0.1) is 0 Å². The van der Waals surface area contributed by atoms with Crippen LogP contribution >= 0.6 is 0 Å². The van der Waals surface area contributed by atoms with E-state index in [0.29, 0.717) is 30.0 Å². The van der Waals surface area contributed by atoms with Crippen molar-refractivity contribution in [2.45, 2.75) is 63.9 Å². The Labute approximate surface area is 177 Å². The number of nitriles is 1. The first-order valence-electron chi connectivity index (χ1n) is 10.1. The minimum absolute atomic E-state index is 0.0557. The number of nitrogens with one attached hydrogen (secondary N) is 1. The molecule has 0 radical (unpaired) electrons. The molecule has 30 heavy (non-hydrogen) atoms. The second-order valence-electron chi connectivity index (χ2n) is 7.69. The summed E-state index contributed by atoms with van der Waals surface area (Å²) in [6.45, 7) is 6.35. The number of aromatic nitrogens is 2. The van der Waals surface area contributed by atoms with Gasteiger partial charge in [0.05, 0.1) is 29.6 Å². The summed E-state index contributed by atoms with van der Waals surface area (Å²) in [5, 5.41) is 15.9. The zero-order chi connectivity index (χ0) is 21.9. The lowest BCUT2D eigenvalue weighted by atomic mass is 10.1. The Balaban J connectivity index is 1.89. The van der Waals surface area contributed by atoms with Crippen LogP contribution in [0.15, 0.2) is 29.2 Å². The van der Waals surface area contributed by atoms with Crippen LogP contribution in [0, 0.1) is 25.2 Å². The van der Waals surface area contributed by atoms with Gasteiger partial charge in [-0.2, -0.15) is 14.7 Å². The molecule has 8 nitrogen and oxygen atoms in total. The molecule has 1 aliphatic rings. The Kier molecular flexibility index (Phi) is 6.58. The van der Waals surface area contributed by atoms with Crippen molar-refractivity contribution in [3.05, 3.63) is 41.1 Å². The Morgan fingerprint density at radius 1 is 1.30 bits per heavy atom. The summed E-state index contributed by atoms with van der Waals surface area (Å²) >= 11 is 0. The molecular formula is C21H27N5O3S. The van der Waals surface area contributed by atoms with E-state index in [4.69, 9.17) is 5.26 Å². The summed E-state index contributed by atoms with van der Waals surface area (Å²) in [6, 6.07) is 8.40. The highest BCUT2D eigenvalue weighted by Crippen LogP contribution is 2.27. The van der Waals surface area contributed by atoms with Gasteiger partial charge in [0.1, 0.15) is 5.82 Å². The van der Waals surface area contributed by atoms with Crippen molar-refractivity contribution in [1.29, 1.82) is 5.26 Å². The molecule has 0 bridgehead atoms.